The van der Waals surface area contributed by atoms with Gasteiger partial charge >= 0.3 is 47.6 Å². The zero-order chi connectivity index (χ0) is 28.7. The maximum absolute atomic E-state index is 13.7. The molecular weight excluding hydrogens is 545 g/mol. The molecule has 0 aliphatic carbocycles. The van der Waals surface area contributed by atoms with Gasteiger partial charge in [-0.3, -0.25) is 4.79 Å². The molecule has 0 spiro atoms. The van der Waals surface area contributed by atoms with Crippen LogP contribution in [-0.4, -0.2) is 59.6 Å². The first-order valence-electron chi connectivity index (χ1n) is 9.15. The van der Waals surface area contributed by atoms with E-state index in [2.05, 4.69) is 0 Å². The summed E-state index contributed by atoms with van der Waals surface area (Å²) in [5.41, 5.74) is 0. The molecule has 0 saturated heterocycles. The predicted molar refractivity (Wildman–Crippen MR) is 82.4 cm³/mol. The van der Waals surface area contributed by atoms with E-state index in [1.165, 1.54) is 0 Å². The topological polar surface area (TPSA) is 29.1 Å². The van der Waals surface area contributed by atoms with Gasteiger partial charge in [0.2, 0.25) is 0 Å². The van der Waals surface area contributed by atoms with E-state index >= 15 is 0 Å². The van der Waals surface area contributed by atoms with Gasteiger partial charge in [0, 0.05) is 6.04 Å². The maximum Gasteiger partial charge on any atom is 0.460 e. The lowest BCUT2D eigenvalue weighted by Gasteiger charge is -2.42. The van der Waals surface area contributed by atoms with Gasteiger partial charge in [-0.25, -0.2) is 0 Å². The van der Waals surface area contributed by atoms with Crippen LogP contribution in [0, 0.1) is 0 Å². The van der Waals surface area contributed by atoms with E-state index in [-0.39, 0.29) is 12.8 Å². The second-order valence-electron chi connectivity index (χ2n) is 7.39. The van der Waals surface area contributed by atoms with Gasteiger partial charge in [-0.15, -0.1) is 0 Å². The molecule has 210 valence electrons. The molecule has 1 amide bonds. The number of carbonyl (C=O) groups is 1. The summed E-state index contributed by atoms with van der Waals surface area (Å²) in [6.45, 7) is 2.46. The molecule has 0 aromatic rings. The summed E-state index contributed by atoms with van der Waals surface area (Å²) in [6, 6.07) is -1.53. The fourth-order valence-electron chi connectivity index (χ4n) is 2.39. The van der Waals surface area contributed by atoms with Crippen molar-refractivity contribution in [3.8, 4) is 0 Å². The molecule has 2 nitrogen and oxygen atoms in total. The Bertz CT molecular complexity index is 743. The fourth-order valence-corrected chi connectivity index (χ4v) is 2.39. The number of amides is 1. The standard InChI is InChI=1S/C16H16F17NO/c1-3-4-5-6-7(2)34-8(35)9(17,18)10(19,20)11(21,22)12(23,24)13(25,26)14(27,28)15(29,30)16(31,32)33/h7H,3-6H2,1-2H3,(H,34,35). The molecule has 0 heterocycles. The summed E-state index contributed by atoms with van der Waals surface area (Å²) in [6.07, 6.45) is -7.08. The lowest BCUT2D eigenvalue weighted by molar-refractivity contribution is -0.459. The zero-order valence-corrected chi connectivity index (χ0v) is 17.2. The highest BCUT2D eigenvalue weighted by Gasteiger charge is 2.95. The third kappa shape index (κ3) is 5.09. The van der Waals surface area contributed by atoms with Crippen molar-refractivity contribution >= 4 is 5.91 Å². The van der Waals surface area contributed by atoms with E-state index in [0.717, 1.165) is 12.2 Å². The van der Waals surface area contributed by atoms with Crippen LogP contribution in [0.2, 0.25) is 0 Å². The lowest BCUT2D eigenvalue weighted by Crippen LogP contribution is -2.75. The minimum atomic E-state index is -8.72. The molecule has 19 heteroatoms. The van der Waals surface area contributed by atoms with Gasteiger partial charge < -0.3 is 5.32 Å². The predicted octanol–water partition coefficient (Wildman–Crippen LogP) is 7.08. The quantitative estimate of drug-likeness (QED) is 0.200. The van der Waals surface area contributed by atoms with Crippen LogP contribution < -0.4 is 5.32 Å². The van der Waals surface area contributed by atoms with Crippen LogP contribution >= 0.6 is 0 Å². The third-order valence-corrected chi connectivity index (χ3v) is 4.63. The summed E-state index contributed by atoms with van der Waals surface area (Å²) in [5, 5.41) is 0.970. The highest BCUT2D eigenvalue weighted by Crippen LogP contribution is 2.63. The van der Waals surface area contributed by atoms with E-state index in [4.69, 9.17) is 0 Å². The molecule has 0 rings (SSSR count). The number of unbranched alkanes of at least 4 members (excludes halogenated alkanes) is 2. The van der Waals surface area contributed by atoms with Crippen LogP contribution in [0.3, 0.4) is 0 Å². The van der Waals surface area contributed by atoms with Gasteiger partial charge in [0.1, 0.15) is 0 Å². The van der Waals surface area contributed by atoms with Crippen molar-refractivity contribution in [3.63, 3.8) is 0 Å². The Morgan fingerprint density at radius 3 is 1.29 bits per heavy atom. The van der Waals surface area contributed by atoms with Gasteiger partial charge in [0.15, 0.2) is 0 Å². The van der Waals surface area contributed by atoms with Crippen molar-refractivity contribution in [2.45, 2.75) is 93.2 Å². The van der Waals surface area contributed by atoms with Crippen LogP contribution in [0.1, 0.15) is 39.5 Å². The number of alkyl halides is 17. The SMILES string of the molecule is CCCCCC(C)NC(=O)C(F)(F)C(F)(F)C(F)(F)C(F)(F)C(F)(F)C(F)(F)C(F)(F)C(F)(F)F. The van der Waals surface area contributed by atoms with Gasteiger partial charge in [-0.2, -0.15) is 74.6 Å². The molecule has 1 N–H and O–H groups in total. The zero-order valence-electron chi connectivity index (χ0n) is 17.2. The van der Waals surface area contributed by atoms with Crippen molar-refractivity contribution in [1.29, 1.82) is 0 Å². The molecule has 0 radical (unpaired) electrons. The number of hydrogen-bond acceptors (Lipinski definition) is 1. The highest BCUT2D eigenvalue weighted by atomic mass is 19.4. The minimum absolute atomic E-state index is 0.128. The van der Waals surface area contributed by atoms with Gasteiger partial charge in [-0.1, -0.05) is 26.2 Å². The largest absolute Gasteiger partial charge is 0.460 e. The maximum atomic E-state index is 13.7. The Balaban J connectivity index is 6.42. The Labute approximate surface area is 185 Å². The number of nitrogens with one attached hydrogen (secondary N) is 1. The number of hydrogen-bond donors (Lipinski definition) is 1. The van der Waals surface area contributed by atoms with Crippen LogP contribution in [-0.2, 0) is 4.79 Å². The number of rotatable bonds is 12. The van der Waals surface area contributed by atoms with E-state index in [0.29, 0.717) is 12.8 Å². The van der Waals surface area contributed by atoms with Crippen LogP contribution in [0.15, 0.2) is 0 Å². The summed E-state index contributed by atoms with van der Waals surface area (Å²) < 4.78 is 224. The Kier molecular flexibility index (Phi) is 9.15. The molecule has 1 atom stereocenters. The summed E-state index contributed by atoms with van der Waals surface area (Å²) >= 11 is 0. The first kappa shape index (κ1) is 33.3. The van der Waals surface area contributed by atoms with Crippen LogP contribution in [0.4, 0.5) is 74.6 Å². The van der Waals surface area contributed by atoms with Crippen molar-refractivity contribution < 1.29 is 79.4 Å². The van der Waals surface area contributed by atoms with E-state index in [9.17, 15) is 79.4 Å². The minimum Gasteiger partial charge on any atom is -0.348 e. The van der Waals surface area contributed by atoms with E-state index < -0.39 is 59.6 Å². The first-order valence-corrected chi connectivity index (χ1v) is 9.15. The first-order chi connectivity index (χ1) is 15.1. The summed E-state index contributed by atoms with van der Waals surface area (Å²) in [5.74, 6) is -61.2. The molecule has 0 bridgehead atoms. The molecule has 0 aliphatic rings. The molecule has 0 saturated carbocycles. The van der Waals surface area contributed by atoms with Gasteiger partial charge in [-0.05, 0) is 13.3 Å². The van der Waals surface area contributed by atoms with Crippen molar-refractivity contribution in [1.82, 2.24) is 5.32 Å². The summed E-state index contributed by atoms with van der Waals surface area (Å²) in [7, 11) is 0. The van der Waals surface area contributed by atoms with Crippen molar-refractivity contribution in [2.75, 3.05) is 0 Å². The number of halogens is 17. The molecular formula is C16H16F17NO. The number of carbonyl (C=O) groups excluding carboxylic acids is 1. The Morgan fingerprint density at radius 2 is 0.943 bits per heavy atom. The molecule has 35 heavy (non-hydrogen) atoms. The van der Waals surface area contributed by atoms with Gasteiger partial charge in [0.05, 0.1) is 0 Å². The second kappa shape index (κ2) is 9.63. The highest BCUT2D eigenvalue weighted by molar-refractivity contribution is 5.85. The normalized spacial score (nSPS) is 16.3. The molecule has 0 fully saturated rings. The second-order valence-corrected chi connectivity index (χ2v) is 7.39. The van der Waals surface area contributed by atoms with Crippen LogP contribution in [0.5, 0.6) is 0 Å². The smallest absolute Gasteiger partial charge is 0.348 e. The van der Waals surface area contributed by atoms with E-state index in [1.807, 2.05) is 0 Å². The van der Waals surface area contributed by atoms with Crippen molar-refractivity contribution in [2.24, 2.45) is 0 Å². The van der Waals surface area contributed by atoms with E-state index in [1.54, 1.807) is 6.92 Å². The van der Waals surface area contributed by atoms with Crippen LogP contribution in [0.25, 0.3) is 0 Å². The average molecular weight is 561 g/mol. The third-order valence-electron chi connectivity index (χ3n) is 4.63. The van der Waals surface area contributed by atoms with Gasteiger partial charge in [0.25, 0.3) is 5.91 Å². The molecule has 0 aromatic heterocycles. The lowest BCUT2D eigenvalue weighted by atomic mass is 9.88. The molecule has 1 unspecified atom stereocenters. The molecule has 0 aliphatic heterocycles. The van der Waals surface area contributed by atoms with Crippen molar-refractivity contribution in [3.05, 3.63) is 0 Å². The Morgan fingerprint density at radius 1 is 0.600 bits per heavy atom. The molecule has 0 aromatic carbocycles. The Hall–Kier alpha value is -1.72. The fraction of sp³-hybridized carbons (Fsp3) is 0.938. The summed E-state index contributed by atoms with van der Waals surface area (Å²) in [4.78, 5) is 11.3. The average Bonchev–Trinajstić information content (AvgIpc) is 2.66. The monoisotopic (exact) mass is 561 g/mol.